The van der Waals surface area contributed by atoms with E-state index in [1.807, 2.05) is 60.7 Å². The Labute approximate surface area is 196 Å². The van der Waals surface area contributed by atoms with Gasteiger partial charge in [0.15, 0.2) is 11.6 Å². The summed E-state index contributed by atoms with van der Waals surface area (Å²) in [6.45, 7) is 2.24. The molecule has 5 rings (SSSR count). The number of hydrogen-bond donors (Lipinski definition) is 3. The maximum atomic E-state index is 11.2. The van der Waals surface area contributed by atoms with Crippen molar-refractivity contribution in [3.8, 4) is 5.75 Å². The van der Waals surface area contributed by atoms with Crippen LogP contribution in [0.4, 0.5) is 23.0 Å². The number of amides is 1. The van der Waals surface area contributed by atoms with Gasteiger partial charge in [0.1, 0.15) is 5.75 Å². The highest BCUT2D eigenvalue weighted by Crippen LogP contribution is 2.32. The van der Waals surface area contributed by atoms with Crippen molar-refractivity contribution in [1.29, 1.82) is 0 Å². The van der Waals surface area contributed by atoms with Crippen LogP contribution < -0.4 is 20.1 Å². The van der Waals surface area contributed by atoms with Gasteiger partial charge in [-0.05, 0) is 72.8 Å². The molecule has 0 bridgehead atoms. The van der Waals surface area contributed by atoms with E-state index >= 15 is 0 Å². The molecule has 0 fully saturated rings. The second kappa shape index (κ2) is 9.38. The van der Waals surface area contributed by atoms with Gasteiger partial charge >= 0.3 is 0 Å². The van der Waals surface area contributed by atoms with Gasteiger partial charge in [-0.2, -0.15) is 0 Å². The number of aromatic nitrogens is 2. The van der Waals surface area contributed by atoms with Crippen molar-refractivity contribution in [3.05, 3.63) is 72.3 Å². The molecule has 166 valence electrons. The van der Waals surface area contributed by atoms with Crippen molar-refractivity contribution in [2.75, 3.05) is 22.0 Å². The third-order valence-electron chi connectivity index (χ3n) is 5.19. The van der Waals surface area contributed by atoms with Gasteiger partial charge < -0.3 is 20.1 Å². The minimum Gasteiger partial charge on any atom is -0.493 e. The van der Waals surface area contributed by atoms with Crippen LogP contribution in [0.2, 0.25) is 0 Å². The van der Waals surface area contributed by atoms with Gasteiger partial charge in [-0.3, -0.25) is 4.79 Å². The Bertz CT molecular complexity index is 1310. The molecule has 33 heavy (non-hydrogen) atoms. The Morgan fingerprint density at radius 3 is 2.42 bits per heavy atom. The third kappa shape index (κ3) is 5.01. The summed E-state index contributed by atoms with van der Waals surface area (Å²) in [6.07, 6.45) is 2.09. The van der Waals surface area contributed by atoms with Gasteiger partial charge in [0.25, 0.3) is 0 Å². The molecule has 1 aliphatic rings. The number of nitrogens with zero attached hydrogens (tertiary/aromatic N) is 2. The molecule has 1 aromatic heterocycles. The number of rotatable bonds is 6. The lowest BCUT2D eigenvalue weighted by atomic mass is 10.1. The average molecular weight is 458 g/mol. The van der Waals surface area contributed by atoms with Gasteiger partial charge in [-0.15, -0.1) is 0 Å². The van der Waals surface area contributed by atoms with Gasteiger partial charge in [0.05, 0.1) is 17.6 Å². The topological polar surface area (TPSA) is 88.2 Å². The van der Waals surface area contributed by atoms with Crippen LogP contribution in [0.15, 0.2) is 71.6 Å². The van der Waals surface area contributed by atoms with E-state index in [0.29, 0.717) is 11.6 Å². The molecule has 0 saturated heterocycles. The second-order valence-electron chi connectivity index (χ2n) is 7.72. The molecular weight excluding hydrogens is 434 g/mol. The van der Waals surface area contributed by atoms with E-state index in [4.69, 9.17) is 14.7 Å². The molecule has 3 N–H and O–H groups in total. The van der Waals surface area contributed by atoms with E-state index in [1.54, 1.807) is 0 Å². The molecule has 8 heteroatoms. The molecule has 0 radical (unpaired) electrons. The minimum absolute atomic E-state index is 0.0942. The van der Waals surface area contributed by atoms with E-state index in [-0.39, 0.29) is 5.91 Å². The van der Waals surface area contributed by atoms with Crippen molar-refractivity contribution in [3.63, 3.8) is 0 Å². The lowest BCUT2D eigenvalue weighted by molar-refractivity contribution is -0.114. The van der Waals surface area contributed by atoms with Crippen LogP contribution in [0.25, 0.3) is 11.0 Å². The highest BCUT2D eigenvalue weighted by molar-refractivity contribution is 8.00. The van der Waals surface area contributed by atoms with Crippen LogP contribution in [0, 0.1) is 0 Å². The number of aryl methyl sites for hydroxylation is 1. The Hall–Kier alpha value is -3.78. The van der Waals surface area contributed by atoms with Gasteiger partial charge in [-0.25, -0.2) is 9.97 Å². The number of carbonyl (C=O) groups excluding carboxylic acids is 1. The average Bonchev–Trinajstić information content (AvgIpc) is 2.83. The number of hydrogen-bond acceptors (Lipinski definition) is 7. The third-order valence-corrected chi connectivity index (χ3v) is 5.99. The van der Waals surface area contributed by atoms with Crippen LogP contribution in [-0.2, 0) is 11.2 Å². The van der Waals surface area contributed by atoms with Gasteiger partial charge in [0, 0.05) is 29.3 Å². The van der Waals surface area contributed by atoms with E-state index < -0.39 is 0 Å². The first-order valence-electron chi connectivity index (χ1n) is 10.7. The number of para-hydroxylation sites is 2. The summed E-state index contributed by atoms with van der Waals surface area (Å²) >= 11 is 1.43. The van der Waals surface area contributed by atoms with Crippen LogP contribution >= 0.6 is 11.9 Å². The van der Waals surface area contributed by atoms with Crippen LogP contribution in [-0.4, -0.2) is 22.5 Å². The Morgan fingerprint density at radius 1 is 0.939 bits per heavy atom. The van der Waals surface area contributed by atoms with Crippen LogP contribution in [0.3, 0.4) is 0 Å². The van der Waals surface area contributed by atoms with Crippen molar-refractivity contribution in [2.45, 2.75) is 24.7 Å². The lowest BCUT2D eigenvalue weighted by Crippen LogP contribution is -2.09. The molecule has 0 atom stereocenters. The monoisotopic (exact) mass is 457 g/mol. The summed E-state index contributed by atoms with van der Waals surface area (Å²) in [7, 11) is 0. The summed E-state index contributed by atoms with van der Waals surface area (Å²) < 4.78 is 9.15. The molecular formula is C25H23N5O2S. The predicted molar refractivity (Wildman–Crippen MR) is 133 cm³/mol. The standard InChI is InChI=1S/C25H23N5O2S/c1-16(31)26-18-10-12-20(13-11-18)33-30-25-24(28-21-6-2-3-7-22(21)29-25)27-19-9-8-17-5-4-14-32-23(17)15-19/h2-3,6-13,15H,4-5,14H2,1H3,(H,26,31)(H,27,28)(H,29,30). The van der Waals surface area contributed by atoms with Crippen LogP contribution in [0.5, 0.6) is 5.75 Å². The Balaban J connectivity index is 1.40. The molecule has 0 aliphatic carbocycles. The molecule has 2 heterocycles. The zero-order valence-corrected chi connectivity index (χ0v) is 18.9. The van der Waals surface area contributed by atoms with E-state index in [9.17, 15) is 4.79 Å². The zero-order chi connectivity index (χ0) is 22.6. The Morgan fingerprint density at radius 2 is 1.67 bits per heavy atom. The number of fused-ring (bicyclic) bond motifs is 2. The molecule has 0 saturated carbocycles. The first-order chi connectivity index (χ1) is 16.1. The molecule has 1 amide bonds. The fraction of sp³-hybridized carbons (Fsp3) is 0.160. The van der Waals surface area contributed by atoms with Gasteiger partial charge in [-0.1, -0.05) is 18.2 Å². The molecule has 1 aliphatic heterocycles. The van der Waals surface area contributed by atoms with Crippen LogP contribution in [0.1, 0.15) is 18.9 Å². The fourth-order valence-electron chi connectivity index (χ4n) is 3.63. The highest BCUT2D eigenvalue weighted by Gasteiger charge is 2.14. The molecule has 3 aromatic carbocycles. The summed E-state index contributed by atoms with van der Waals surface area (Å²) in [4.78, 5) is 21.8. The normalized spacial score (nSPS) is 12.5. The van der Waals surface area contributed by atoms with E-state index in [0.717, 1.165) is 52.5 Å². The molecule has 7 nitrogen and oxygen atoms in total. The second-order valence-corrected chi connectivity index (χ2v) is 8.60. The van der Waals surface area contributed by atoms with E-state index in [1.165, 1.54) is 24.4 Å². The maximum Gasteiger partial charge on any atom is 0.221 e. The van der Waals surface area contributed by atoms with Crippen molar-refractivity contribution in [2.24, 2.45) is 0 Å². The summed E-state index contributed by atoms with van der Waals surface area (Å²) in [5.41, 5.74) is 4.50. The summed E-state index contributed by atoms with van der Waals surface area (Å²) in [5, 5.41) is 6.18. The summed E-state index contributed by atoms with van der Waals surface area (Å²) in [6, 6.07) is 21.5. The SMILES string of the molecule is CC(=O)Nc1ccc(SNc2nc3ccccc3nc2Nc2ccc3c(c2)OCCC3)cc1. The quantitative estimate of drug-likeness (QED) is 0.317. The fourth-order valence-corrected chi connectivity index (χ4v) is 4.26. The minimum atomic E-state index is -0.0942. The number of benzene rings is 3. The smallest absolute Gasteiger partial charge is 0.221 e. The van der Waals surface area contributed by atoms with Crippen molar-refractivity contribution in [1.82, 2.24) is 9.97 Å². The van der Waals surface area contributed by atoms with Crippen molar-refractivity contribution < 1.29 is 9.53 Å². The maximum absolute atomic E-state index is 11.2. The first kappa shape index (κ1) is 21.1. The van der Waals surface area contributed by atoms with Crippen molar-refractivity contribution >= 4 is 51.9 Å². The number of carbonyl (C=O) groups is 1. The lowest BCUT2D eigenvalue weighted by Gasteiger charge is -2.19. The predicted octanol–water partition coefficient (Wildman–Crippen LogP) is 5.78. The Kier molecular flexibility index (Phi) is 5.99. The number of nitrogens with one attached hydrogen (secondary N) is 3. The highest BCUT2D eigenvalue weighted by atomic mass is 32.2. The number of ether oxygens (including phenoxy) is 1. The molecule has 0 spiro atoms. The first-order valence-corrected chi connectivity index (χ1v) is 11.6. The molecule has 0 unspecified atom stereocenters. The van der Waals surface area contributed by atoms with E-state index in [2.05, 4.69) is 21.4 Å². The van der Waals surface area contributed by atoms with Gasteiger partial charge in [0.2, 0.25) is 5.91 Å². The molecule has 4 aromatic rings. The number of anilines is 4. The zero-order valence-electron chi connectivity index (χ0n) is 18.1. The largest absolute Gasteiger partial charge is 0.493 e. The summed E-state index contributed by atoms with van der Waals surface area (Å²) in [5.74, 6) is 2.08.